The number of carbonyl (C=O) groups excluding carboxylic acids is 2. The molecule has 0 atom stereocenters. The van der Waals surface area contributed by atoms with Crippen molar-refractivity contribution in [1.29, 1.82) is 0 Å². The molecule has 1 fully saturated rings. The third kappa shape index (κ3) is 2.93. The summed E-state index contributed by atoms with van der Waals surface area (Å²) >= 11 is 0. The predicted molar refractivity (Wildman–Crippen MR) is 64.3 cm³/mol. The normalized spacial score (nSPS) is 15.8. The fraction of sp³-hybridized carbons (Fsp3) is 0.429. The lowest BCUT2D eigenvalue weighted by Gasteiger charge is -2.12. The molecule has 3 nitrogen and oxygen atoms in total. The van der Waals surface area contributed by atoms with E-state index in [1.165, 1.54) is 19.8 Å². The van der Waals surface area contributed by atoms with Crippen molar-refractivity contribution >= 4 is 11.6 Å². The van der Waals surface area contributed by atoms with Gasteiger partial charge in [0.1, 0.15) is 5.75 Å². The molecule has 90 valence electrons. The number of ether oxygens (including phenoxy) is 1. The number of ketones is 2. The minimum absolute atomic E-state index is 0.310. The highest BCUT2D eigenvalue weighted by molar-refractivity contribution is 6.42. The molecule has 0 saturated heterocycles. The summed E-state index contributed by atoms with van der Waals surface area (Å²) in [5, 5.41) is 0. The zero-order valence-electron chi connectivity index (χ0n) is 9.94. The van der Waals surface area contributed by atoms with E-state index in [4.69, 9.17) is 4.74 Å². The van der Waals surface area contributed by atoms with Crippen LogP contribution in [0.3, 0.4) is 0 Å². The lowest BCUT2D eigenvalue weighted by atomic mass is 10.1. The zero-order chi connectivity index (χ0) is 12.3. The summed E-state index contributed by atoms with van der Waals surface area (Å²) in [5.41, 5.74) is 0.427. The van der Waals surface area contributed by atoms with Gasteiger partial charge in [-0.15, -0.1) is 0 Å². The molecule has 17 heavy (non-hydrogen) atoms. The Morgan fingerprint density at radius 3 is 2.24 bits per heavy atom. The Kier molecular flexibility index (Phi) is 3.57. The second-order valence-corrected chi connectivity index (χ2v) is 4.43. The van der Waals surface area contributed by atoms with Gasteiger partial charge in [0.05, 0.1) is 6.10 Å². The van der Waals surface area contributed by atoms with E-state index < -0.39 is 11.6 Å². The average Bonchev–Trinajstić information content (AvgIpc) is 2.82. The highest BCUT2D eigenvalue weighted by Crippen LogP contribution is 2.24. The van der Waals surface area contributed by atoms with Crippen LogP contribution in [0.2, 0.25) is 0 Å². The lowest BCUT2D eigenvalue weighted by Crippen LogP contribution is -2.12. The van der Waals surface area contributed by atoms with E-state index in [2.05, 4.69) is 0 Å². The van der Waals surface area contributed by atoms with E-state index in [-0.39, 0.29) is 0 Å². The van der Waals surface area contributed by atoms with Gasteiger partial charge in [-0.05, 0) is 49.9 Å². The molecule has 0 amide bonds. The molecule has 0 bridgehead atoms. The van der Waals surface area contributed by atoms with Gasteiger partial charge < -0.3 is 4.74 Å². The molecule has 1 saturated carbocycles. The Morgan fingerprint density at radius 1 is 1.12 bits per heavy atom. The molecule has 0 N–H and O–H groups in total. The molecule has 0 spiro atoms. The van der Waals surface area contributed by atoms with E-state index in [1.807, 2.05) is 0 Å². The van der Waals surface area contributed by atoms with Gasteiger partial charge in [0.2, 0.25) is 5.78 Å². The van der Waals surface area contributed by atoms with Crippen molar-refractivity contribution in [2.75, 3.05) is 0 Å². The molecule has 2 rings (SSSR count). The maximum absolute atomic E-state index is 11.4. The highest BCUT2D eigenvalue weighted by Gasteiger charge is 2.17. The van der Waals surface area contributed by atoms with Crippen LogP contribution >= 0.6 is 0 Å². The van der Waals surface area contributed by atoms with Crippen molar-refractivity contribution < 1.29 is 14.3 Å². The minimum atomic E-state index is -0.447. The summed E-state index contributed by atoms with van der Waals surface area (Å²) in [6.07, 6.45) is 4.98. The first-order valence-corrected chi connectivity index (χ1v) is 5.99. The quantitative estimate of drug-likeness (QED) is 0.592. The van der Waals surface area contributed by atoms with Gasteiger partial charge in [0, 0.05) is 12.5 Å². The summed E-state index contributed by atoms with van der Waals surface area (Å²) in [7, 11) is 0. The number of hydrogen-bond donors (Lipinski definition) is 0. The van der Waals surface area contributed by atoms with Gasteiger partial charge in [-0.3, -0.25) is 9.59 Å². The van der Waals surface area contributed by atoms with E-state index in [1.54, 1.807) is 24.3 Å². The van der Waals surface area contributed by atoms with Crippen LogP contribution in [0.15, 0.2) is 24.3 Å². The van der Waals surface area contributed by atoms with Crippen molar-refractivity contribution in [1.82, 2.24) is 0 Å². The van der Waals surface area contributed by atoms with Crippen LogP contribution in [0.5, 0.6) is 5.75 Å². The van der Waals surface area contributed by atoms with E-state index in [9.17, 15) is 9.59 Å². The monoisotopic (exact) mass is 232 g/mol. The second-order valence-electron chi connectivity index (χ2n) is 4.43. The molecule has 0 aliphatic heterocycles. The number of carbonyl (C=O) groups is 2. The third-order valence-electron chi connectivity index (χ3n) is 3.04. The molecule has 1 aromatic rings. The Morgan fingerprint density at radius 2 is 1.71 bits per heavy atom. The largest absolute Gasteiger partial charge is 0.490 e. The molecular weight excluding hydrogens is 216 g/mol. The van der Waals surface area contributed by atoms with Crippen molar-refractivity contribution in [3.63, 3.8) is 0 Å². The predicted octanol–water partition coefficient (Wildman–Crippen LogP) is 2.78. The first-order valence-electron chi connectivity index (χ1n) is 5.99. The van der Waals surface area contributed by atoms with Crippen LogP contribution in [-0.2, 0) is 4.79 Å². The van der Waals surface area contributed by atoms with Crippen LogP contribution in [0, 0.1) is 0 Å². The molecule has 0 aromatic heterocycles. The number of Topliss-reactive ketones (excluding diaryl/α,β-unsaturated/α-hetero) is 2. The van der Waals surface area contributed by atoms with E-state index >= 15 is 0 Å². The maximum atomic E-state index is 11.4. The SMILES string of the molecule is CC(=O)C(=O)c1ccc(OC2CCCC2)cc1. The molecular formula is C14H16O3. The van der Waals surface area contributed by atoms with Gasteiger partial charge >= 0.3 is 0 Å². The average molecular weight is 232 g/mol. The topological polar surface area (TPSA) is 43.4 Å². The molecule has 1 aliphatic carbocycles. The number of hydrogen-bond acceptors (Lipinski definition) is 3. The van der Waals surface area contributed by atoms with Gasteiger partial charge in [-0.1, -0.05) is 0 Å². The van der Waals surface area contributed by atoms with Gasteiger partial charge in [-0.25, -0.2) is 0 Å². The summed E-state index contributed by atoms with van der Waals surface area (Å²) in [6, 6.07) is 6.81. The van der Waals surface area contributed by atoms with Crippen molar-refractivity contribution in [2.24, 2.45) is 0 Å². The first-order chi connectivity index (χ1) is 8.16. The minimum Gasteiger partial charge on any atom is -0.490 e. The molecule has 0 radical (unpaired) electrons. The van der Waals surface area contributed by atoms with Crippen LogP contribution < -0.4 is 4.74 Å². The maximum Gasteiger partial charge on any atom is 0.228 e. The zero-order valence-corrected chi connectivity index (χ0v) is 9.94. The van der Waals surface area contributed by atoms with Crippen molar-refractivity contribution in [2.45, 2.75) is 38.7 Å². The molecule has 1 aliphatic rings. The fourth-order valence-corrected chi connectivity index (χ4v) is 2.09. The Labute approximate surface area is 101 Å². The van der Waals surface area contributed by atoms with Crippen LogP contribution in [-0.4, -0.2) is 17.7 Å². The van der Waals surface area contributed by atoms with Gasteiger partial charge in [-0.2, -0.15) is 0 Å². The van der Waals surface area contributed by atoms with Crippen LogP contribution in [0.4, 0.5) is 0 Å². The Bertz CT molecular complexity index is 414. The van der Waals surface area contributed by atoms with E-state index in [0.717, 1.165) is 18.6 Å². The highest BCUT2D eigenvalue weighted by atomic mass is 16.5. The number of rotatable bonds is 4. The third-order valence-corrected chi connectivity index (χ3v) is 3.04. The summed E-state index contributed by atoms with van der Waals surface area (Å²) < 4.78 is 5.77. The van der Waals surface area contributed by atoms with Crippen molar-refractivity contribution in [3.8, 4) is 5.75 Å². The molecule has 0 unspecified atom stereocenters. The lowest BCUT2D eigenvalue weighted by molar-refractivity contribution is -0.113. The number of benzene rings is 1. The molecule has 1 aromatic carbocycles. The van der Waals surface area contributed by atoms with Crippen LogP contribution in [0.25, 0.3) is 0 Å². The van der Waals surface area contributed by atoms with Crippen LogP contribution in [0.1, 0.15) is 43.0 Å². The first kappa shape index (κ1) is 11.8. The standard InChI is InChI=1S/C14H16O3/c1-10(15)14(16)11-6-8-13(9-7-11)17-12-4-2-3-5-12/h6-9,12H,2-5H2,1H3. The smallest absolute Gasteiger partial charge is 0.228 e. The fourth-order valence-electron chi connectivity index (χ4n) is 2.09. The Hall–Kier alpha value is -1.64. The van der Waals surface area contributed by atoms with Gasteiger partial charge in [0.15, 0.2) is 5.78 Å². The van der Waals surface area contributed by atoms with Crippen molar-refractivity contribution in [3.05, 3.63) is 29.8 Å². The van der Waals surface area contributed by atoms with E-state index in [0.29, 0.717) is 11.7 Å². The van der Waals surface area contributed by atoms with Gasteiger partial charge in [0.25, 0.3) is 0 Å². The second kappa shape index (κ2) is 5.13. The summed E-state index contributed by atoms with van der Waals surface area (Å²) in [5.74, 6) is -0.108. The summed E-state index contributed by atoms with van der Waals surface area (Å²) in [4.78, 5) is 22.3. The summed E-state index contributed by atoms with van der Waals surface area (Å²) in [6.45, 7) is 1.28. The molecule has 3 heteroatoms. The molecule has 0 heterocycles. The Balaban J connectivity index is 2.02.